The molecule has 20 heavy (non-hydrogen) atoms. The van der Waals surface area contributed by atoms with Crippen molar-refractivity contribution >= 4 is 43.2 Å². The van der Waals surface area contributed by atoms with Crippen LogP contribution in [0.5, 0.6) is 5.75 Å². The van der Waals surface area contributed by atoms with Gasteiger partial charge in [-0.1, -0.05) is 11.6 Å². The average molecular weight is 344 g/mol. The number of nitrogens with one attached hydrogen (secondary N) is 1. The van der Waals surface area contributed by atoms with E-state index in [9.17, 15) is 26.7 Å². The lowest BCUT2D eigenvalue weighted by atomic mass is 10.3. The summed E-state index contributed by atoms with van der Waals surface area (Å²) in [4.78, 5) is 9.22. The van der Waals surface area contributed by atoms with Gasteiger partial charge >= 0.3 is 0 Å². The normalized spacial score (nSPS) is 12.2. The summed E-state index contributed by atoms with van der Waals surface area (Å²) in [5, 5.41) is 20.7. The van der Waals surface area contributed by atoms with Gasteiger partial charge in [0.1, 0.15) is 15.5 Å². The van der Waals surface area contributed by atoms with E-state index in [2.05, 4.69) is 0 Å². The second-order valence-electron chi connectivity index (χ2n) is 3.68. The number of hydrogen-bond acceptors (Lipinski definition) is 6. The predicted octanol–water partition coefficient (Wildman–Crippen LogP) is -0.701. The maximum absolute atomic E-state index is 11.5. The Balaban J connectivity index is 4.01. The SMILES string of the molecule is CC(=O)Nc1c(S(N)(=O)=O)c(O)cc(Cl)c1S(N)(=O)=O. The maximum Gasteiger partial charge on any atom is 0.243 e. The Morgan fingerprint density at radius 2 is 1.65 bits per heavy atom. The zero-order valence-corrected chi connectivity index (χ0v) is 12.3. The Labute approximate surface area is 119 Å². The molecule has 0 aliphatic rings. The van der Waals surface area contributed by atoms with Gasteiger partial charge in [-0.25, -0.2) is 27.1 Å². The van der Waals surface area contributed by atoms with E-state index in [0.717, 1.165) is 6.92 Å². The summed E-state index contributed by atoms with van der Waals surface area (Å²) in [6.45, 7) is 0.984. The Morgan fingerprint density at radius 3 is 2.00 bits per heavy atom. The number of sulfonamides is 2. The third-order valence-electron chi connectivity index (χ3n) is 2.04. The number of rotatable bonds is 3. The monoisotopic (exact) mass is 343 g/mol. The molecule has 0 radical (unpaired) electrons. The number of primary sulfonamides is 2. The second kappa shape index (κ2) is 5.18. The highest BCUT2D eigenvalue weighted by molar-refractivity contribution is 7.90. The molecule has 0 fully saturated rings. The first kappa shape index (κ1) is 16.7. The smallest absolute Gasteiger partial charge is 0.243 e. The molecule has 1 amide bonds. The molecule has 0 saturated carbocycles. The molecule has 6 N–H and O–H groups in total. The van der Waals surface area contributed by atoms with Gasteiger partial charge in [-0.05, 0) is 0 Å². The molecule has 0 atom stereocenters. The first-order chi connectivity index (χ1) is 8.85. The molecular weight excluding hydrogens is 334 g/mol. The van der Waals surface area contributed by atoms with E-state index in [4.69, 9.17) is 21.9 Å². The van der Waals surface area contributed by atoms with Crippen LogP contribution in [0.4, 0.5) is 5.69 Å². The zero-order chi connectivity index (χ0) is 15.9. The van der Waals surface area contributed by atoms with Crippen molar-refractivity contribution in [1.82, 2.24) is 0 Å². The molecule has 1 aromatic carbocycles. The number of hydrogen-bond donors (Lipinski definition) is 4. The average Bonchev–Trinajstić information content (AvgIpc) is 2.09. The highest BCUT2D eigenvalue weighted by atomic mass is 35.5. The van der Waals surface area contributed by atoms with Gasteiger partial charge in [-0.3, -0.25) is 4.79 Å². The molecule has 0 bridgehead atoms. The van der Waals surface area contributed by atoms with Gasteiger partial charge in [0.2, 0.25) is 26.0 Å². The molecule has 12 heteroatoms. The van der Waals surface area contributed by atoms with Crippen molar-refractivity contribution in [3.8, 4) is 5.75 Å². The molecule has 0 saturated heterocycles. The van der Waals surface area contributed by atoms with E-state index < -0.39 is 52.2 Å². The van der Waals surface area contributed by atoms with Gasteiger partial charge in [0.15, 0.2) is 0 Å². The first-order valence-electron chi connectivity index (χ1n) is 4.74. The van der Waals surface area contributed by atoms with Crippen LogP contribution < -0.4 is 15.6 Å². The number of benzene rings is 1. The Hall–Kier alpha value is -1.40. The van der Waals surface area contributed by atoms with E-state index in [1.165, 1.54) is 0 Å². The van der Waals surface area contributed by atoms with Gasteiger partial charge in [0.25, 0.3) is 0 Å². The quantitative estimate of drug-likeness (QED) is 0.565. The molecule has 0 unspecified atom stereocenters. The second-order valence-corrected chi connectivity index (χ2v) is 7.09. The van der Waals surface area contributed by atoms with Crippen LogP contribution in [0.3, 0.4) is 0 Å². The van der Waals surface area contributed by atoms with Gasteiger partial charge in [0.05, 0.1) is 10.7 Å². The van der Waals surface area contributed by atoms with Crippen LogP contribution in [0.2, 0.25) is 5.02 Å². The van der Waals surface area contributed by atoms with Crippen molar-refractivity contribution in [1.29, 1.82) is 0 Å². The Morgan fingerprint density at radius 1 is 1.20 bits per heavy atom. The van der Waals surface area contributed by atoms with Crippen molar-refractivity contribution in [3.05, 3.63) is 11.1 Å². The third-order valence-corrected chi connectivity index (χ3v) is 4.42. The molecule has 0 aliphatic heterocycles. The van der Waals surface area contributed by atoms with E-state index in [-0.39, 0.29) is 0 Å². The summed E-state index contributed by atoms with van der Waals surface area (Å²) < 4.78 is 45.8. The summed E-state index contributed by atoms with van der Waals surface area (Å²) in [6.07, 6.45) is 0. The van der Waals surface area contributed by atoms with Crippen molar-refractivity contribution < 1.29 is 26.7 Å². The number of nitrogens with two attached hydrogens (primary N) is 2. The lowest BCUT2D eigenvalue weighted by Gasteiger charge is -2.15. The van der Waals surface area contributed by atoms with Crippen LogP contribution in [0.25, 0.3) is 0 Å². The van der Waals surface area contributed by atoms with Gasteiger partial charge in [0, 0.05) is 13.0 Å². The molecule has 9 nitrogen and oxygen atoms in total. The summed E-state index contributed by atoms with van der Waals surface area (Å²) in [5.74, 6) is -1.74. The number of anilines is 1. The fraction of sp³-hybridized carbons (Fsp3) is 0.125. The van der Waals surface area contributed by atoms with E-state index >= 15 is 0 Å². The number of halogens is 1. The lowest BCUT2D eigenvalue weighted by Crippen LogP contribution is -2.22. The van der Waals surface area contributed by atoms with E-state index in [1.807, 2.05) is 5.32 Å². The molecule has 0 aromatic heterocycles. The molecular formula is C8H10ClN3O6S2. The number of amides is 1. The largest absolute Gasteiger partial charge is 0.506 e. The number of phenolic OH excluding ortho intramolecular Hbond substituents is 1. The third kappa shape index (κ3) is 3.37. The van der Waals surface area contributed by atoms with Crippen molar-refractivity contribution in [2.45, 2.75) is 16.7 Å². The highest BCUT2D eigenvalue weighted by Crippen LogP contribution is 2.40. The van der Waals surface area contributed by atoms with Gasteiger partial charge in [-0.15, -0.1) is 0 Å². The van der Waals surface area contributed by atoms with E-state index in [0.29, 0.717) is 6.07 Å². The van der Waals surface area contributed by atoms with Gasteiger partial charge in [-0.2, -0.15) is 0 Å². The van der Waals surface area contributed by atoms with Crippen molar-refractivity contribution in [2.24, 2.45) is 10.3 Å². The minimum Gasteiger partial charge on any atom is -0.506 e. The molecule has 1 rings (SSSR count). The standard InChI is InChI=1S/C8H10ClN3O6S2/c1-3(13)12-6-7(19(10,15)16)4(9)2-5(14)8(6)20(11,17)18/h2,14H,1H3,(H,12,13)(H2,10,15,16)(H2,11,17,18). The predicted molar refractivity (Wildman–Crippen MR) is 70.2 cm³/mol. The Bertz CT molecular complexity index is 731. The Kier molecular flexibility index (Phi) is 4.31. The topological polar surface area (TPSA) is 170 Å². The van der Waals surface area contributed by atoms with Crippen LogP contribution >= 0.6 is 11.6 Å². The van der Waals surface area contributed by atoms with E-state index in [1.54, 1.807) is 0 Å². The molecule has 0 spiro atoms. The summed E-state index contributed by atoms with van der Waals surface area (Å²) in [7, 11) is -9.04. The summed E-state index contributed by atoms with van der Waals surface area (Å²) in [6, 6.07) is 0.645. The van der Waals surface area contributed by atoms with Crippen molar-refractivity contribution in [3.63, 3.8) is 0 Å². The van der Waals surface area contributed by atoms with Crippen molar-refractivity contribution in [2.75, 3.05) is 5.32 Å². The minimum atomic E-state index is -4.55. The number of aromatic hydroxyl groups is 1. The van der Waals surface area contributed by atoms with Crippen LogP contribution in [0, 0.1) is 0 Å². The van der Waals surface area contributed by atoms with Crippen LogP contribution in [0.15, 0.2) is 15.9 Å². The number of carbonyl (C=O) groups excluding carboxylic acids is 1. The van der Waals surface area contributed by atoms with Crippen LogP contribution in [-0.4, -0.2) is 27.8 Å². The molecule has 0 aliphatic carbocycles. The summed E-state index contributed by atoms with van der Waals surface area (Å²) in [5.41, 5.74) is -0.799. The zero-order valence-electron chi connectivity index (χ0n) is 9.91. The fourth-order valence-electron chi connectivity index (χ4n) is 1.46. The molecule has 1 aromatic rings. The first-order valence-corrected chi connectivity index (χ1v) is 8.21. The van der Waals surface area contributed by atoms with Gasteiger partial charge < -0.3 is 10.4 Å². The number of carbonyl (C=O) groups is 1. The maximum atomic E-state index is 11.5. The van der Waals surface area contributed by atoms with Crippen LogP contribution in [0.1, 0.15) is 6.92 Å². The lowest BCUT2D eigenvalue weighted by molar-refractivity contribution is -0.114. The number of phenols is 1. The molecule has 112 valence electrons. The van der Waals surface area contributed by atoms with Crippen LogP contribution in [-0.2, 0) is 24.8 Å². The fourth-order valence-corrected chi connectivity index (χ4v) is 3.60. The molecule has 0 heterocycles. The summed E-state index contributed by atoms with van der Waals surface area (Å²) >= 11 is 5.62. The highest BCUT2D eigenvalue weighted by Gasteiger charge is 2.30. The minimum absolute atomic E-state index is 0.568.